The Hall–Kier alpha value is -2.73. The van der Waals surface area contributed by atoms with Crippen LogP contribution in [0.4, 0.5) is 5.69 Å². The number of hydrogen-bond donors (Lipinski definition) is 0. The summed E-state index contributed by atoms with van der Waals surface area (Å²) in [6.45, 7) is 5.77. The molecule has 29 heavy (non-hydrogen) atoms. The molecule has 0 saturated heterocycles. The third-order valence-corrected chi connectivity index (χ3v) is 5.11. The Morgan fingerprint density at radius 3 is 2.69 bits per heavy atom. The van der Waals surface area contributed by atoms with Crippen molar-refractivity contribution in [2.75, 3.05) is 18.6 Å². The van der Waals surface area contributed by atoms with E-state index in [1.165, 1.54) is 19.2 Å². The molecule has 0 fully saturated rings. The zero-order chi connectivity index (χ0) is 21.1. The monoisotopic (exact) mass is 417 g/mol. The minimum absolute atomic E-state index is 0.000988. The topological polar surface area (TPSA) is 65.1 Å². The van der Waals surface area contributed by atoms with Crippen LogP contribution in [-0.2, 0) is 16.0 Å². The molecule has 1 aliphatic rings. The van der Waals surface area contributed by atoms with Crippen LogP contribution in [0, 0.1) is 0 Å². The highest BCUT2D eigenvalue weighted by Gasteiger charge is 2.34. The third kappa shape index (κ3) is 4.17. The molecule has 154 valence electrons. The van der Waals surface area contributed by atoms with Crippen LogP contribution in [0.15, 0.2) is 36.4 Å². The molecule has 0 radical (unpaired) electrons. The van der Waals surface area contributed by atoms with E-state index in [4.69, 9.17) is 25.8 Å². The molecule has 0 aromatic heterocycles. The standard InChI is InChI=1S/C22H24ClNO5/c1-5-28-20-17(23)11-16(12-19(20)27-4)22(26)29-14(3)21(25)24-13(2)10-15-8-6-7-9-18(15)24/h6-9,11-14H,5,10H2,1-4H3/t13-,14-/m0/s1. The van der Waals surface area contributed by atoms with Gasteiger partial charge in [0.05, 0.1) is 24.3 Å². The predicted molar refractivity (Wildman–Crippen MR) is 111 cm³/mol. The van der Waals surface area contributed by atoms with Crippen molar-refractivity contribution in [1.82, 2.24) is 0 Å². The van der Waals surface area contributed by atoms with E-state index in [9.17, 15) is 9.59 Å². The van der Waals surface area contributed by atoms with Gasteiger partial charge in [-0.3, -0.25) is 4.79 Å². The maximum Gasteiger partial charge on any atom is 0.339 e. The molecule has 3 rings (SSSR count). The molecular weight excluding hydrogens is 394 g/mol. The summed E-state index contributed by atoms with van der Waals surface area (Å²) in [6, 6.07) is 10.7. The third-order valence-electron chi connectivity index (χ3n) is 4.83. The average Bonchev–Trinajstić information content (AvgIpc) is 3.04. The first-order chi connectivity index (χ1) is 13.9. The molecule has 1 aliphatic heterocycles. The number of amides is 1. The molecule has 1 heterocycles. The molecule has 0 bridgehead atoms. The maximum atomic E-state index is 13.0. The van der Waals surface area contributed by atoms with Crippen molar-refractivity contribution >= 4 is 29.2 Å². The average molecular weight is 418 g/mol. The number of para-hydroxylation sites is 1. The normalized spacial score (nSPS) is 16.2. The van der Waals surface area contributed by atoms with Gasteiger partial charge in [0.1, 0.15) is 0 Å². The molecule has 0 saturated carbocycles. The molecule has 0 unspecified atom stereocenters. The molecule has 2 atom stereocenters. The lowest BCUT2D eigenvalue weighted by atomic mass is 10.1. The van der Waals surface area contributed by atoms with Crippen LogP contribution in [0.3, 0.4) is 0 Å². The van der Waals surface area contributed by atoms with Crippen molar-refractivity contribution in [1.29, 1.82) is 0 Å². The number of benzene rings is 2. The number of methoxy groups -OCH3 is 1. The lowest BCUT2D eigenvalue weighted by molar-refractivity contribution is -0.126. The zero-order valence-electron chi connectivity index (χ0n) is 16.9. The minimum Gasteiger partial charge on any atom is -0.493 e. The summed E-state index contributed by atoms with van der Waals surface area (Å²) in [7, 11) is 1.46. The highest BCUT2D eigenvalue weighted by molar-refractivity contribution is 6.32. The van der Waals surface area contributed by atoms with E-state index in [1.807, 2.05) is 38.1 Å². The minimum atomic E-state index is -0.951. The van der Waals surface area contributed by atoms with E-state index in [-0.39, 0.29) is 22.5 Å². The molecular formula is C22H24ClNO5. The van der Waals surface area contributed by atoms with Crippen LogP contribution in [0.2, 0.25) is 5.02 Å². The first-order valence-electron chi connectivity index (χ1n) is 9.49. The van der Waals surface area contributed by atoms with Crippen molar-refractivity contribution in [2.24, 2.45) is 0 Å². The predicted octanol–water partition coefficient (Wildman–Crippen LogP) is 4.27. The van der Waals surface area contributed by atoms with Gasteiger partial charge < -0.3 is 19.1 Å². The number of halogens is 1. The molecule has 7 heteroatoms. The van der Waals surface area contributed by atoms with E-state index in [0.29, 0.717) is 18.1 Å². The van der Waals surface area contributed by atoms with Crippen LogP contribution in [0.25, 0.3) is 0 Å². The number of hydrogen-bond acceptors (Lipinski definition) is 5. The van der Waals surface area contributed by atoms with Crippen molar-refractivity contribution in [2.45, 2.75) is 39.3 Å². The van der Waals surface area contributed by atoms with Gasteiger partial charge in [-0.15, -0.1) is 0 Å². The lowest BCUT2D eigenvalue weighted by Crippen LogP contribution is -2.43. The summed E-state index contributed by atoms with van der Waals surface area (Å²) in [5.41, 5.74) is 2.15. The summed E-state index contributed by atoms with van der Waals surface area (Å²) in [5.74, 6) is -0.235. The van der Waals surface area contributed by atoms with E-state index in [0.717, 1.165) is 17.7 Å². The molecule has 0 N–H and O–H groups in total. The summed E-state index contributed by atoms with van der Waals surface area (Å²) in [5, 5.41) is 0.235. The van der Waals surface area contributed by atoms with Gasteiger partial charge in [-0.05, 0) is 51.0 Å². The zero-order valence-corrected chi connectivity index (χ0v) is 17.7. The van der Waals surface area contributed by atoms with Gasteiger partial charge in [-0.25, -0.2) is 4.79 Å². The quantitative estimate of drug-likeness (QED) is 0.656. The second-order valence-electron chi connectivity index (χ2n) is 6.86. The number of anilines is 1. The van der Waals surface area contributed by atoms with Crippen LogP contribution in [-0.4, -0.2) is 37.7 Å². The van der Waals surface area contributed by atoms with Crippen LogP contribution in [0.1, 0.15) is 36.7 Å². The second-order valence-corrected chi connectivity index (χ2v) is 7.27. The Morgan fingerprint density at radius 1 is 1.28 bits per heavy atom. The lowest BCUT2D eigenvalue weighted by Gasteiger charge is -2.26. The van der Waals surface area contributed by atoms with Crippen molar-refractivity contribution in [3.8, 4) is 11.5 Å². The molecule has 0 aliphatic carbocycles. The fourth-order valence-corrected chi connectivity index (χ4v) is 3.76. The summed E-state index contributed by atoms with van der Waals surface area (Å²) in [4.78, 5) is 27.3. The van der Waals surface area contributed by atoms with Gasteiger partial charge in [-0.1, -0.05) is 29.8 Å². The molecule has 6 nitrogen and oxygen atoms in total. The van der Waals surface area contributed by atoms with E-state index in [2.05, 4.69) is 0 Å². The first kappa shape index (κ1) is 21.0. The Labute approximate surface area is 175 Å². The highest BCUT2D eigenvalue weighted by Crippen LogP contribution is 2.37. The van der Waals surface area contributed by atoms with E-state index >= 15 is 0 Å². The molecule has 2 aromatic carbocycles. The first-order valence-corrected chi connectivity index (χ1v) is 9.87. The molecule has 0 spiro atoms. The Bertz CT molecular complexity index is 929. The molecule has 2 aromatic rings. The smallest absolute Gasteiger partial charge is 0.339 e. The van der Waals surface area contributed by atoms with Gasteiger partial charge in [0.15, 0.2) is 17.6 Å². The maximum absolute atomic E-state index is 13.0. The largest absolute Gasteiger partial charge is 0.493 e. The van der Waals surface area contributed by atoms with Gasteiger partial charge in [0.2, 0.25) is 0 Å². The Balaban J connectivity index is 1.77. The van der Waals surface area contributed by atoms with Crippen LogP contribution >= 0.6 is 11.6 Å². The van der Waals surface area contributed by atoms with Crippen molar-refractivity contribution in [3.05, 3.63) is 52.5 Å². The van der Waals surface area contributed by atoms with Gasteiger partial charge in [0.25, 0.3) is 5.91 Å². The number of carbonyl (C=O) groups is 2. The summed E-state index contributed by atoms with van der Waals surface area (Å²) in [6.07, 6.45) is -0.179. The van der Waals surface area contributed by atoms with Crippen molar-refractivity contribution in [3.63, 3.8) is 0 Å². The van der Waals surface area contributed by atoms with E-state index in [1.54, 1.807) is 11.8 Å². The fourth-order valence-electron chi connectivity index (χ4n) is 3.50. The fraction of sp³-hybridized carbons (Fsp3) is 0.364. The number of ether oxygens (including phenoxy) is 3. The van der Waals surface area contributed by atoms with E-state index < -0.39 is 12.1 Å². The second kappa shape index (κ2) is 8.74. The van der Waals surface area contributed by atoms with Crippen LogP contribution < -0.4 is 14.4 Å². The highest BCUT2D eigenvalue weighted by atomic mass is 35.5. The number of nitrogens with zero attached hydrogens (tertiary/aromatic N) is 1. The SMILES string of the molecule is CCOc1c(Cl)cc(C(=O)O[C@@H](C)C(=O)N2c3ccccc3C[C@@H]2C)cc1OC. The summed E-state index contributed by atoms with van der Waals surface area (Å²) >= 11 is 6.23. The van der Waals surface area contributed by atoms with Gasteiger partial charge in [-0.2, -0.15) is 0 Å². The summed E-state index contributed by atoms with van der Waals surface area (Å²) < 4.78 is 16.2. The number of esters is 1. The van der Waals surface area contributed by atoms with Crippen molar-refractivity contribution < 1.29 is 23.8 Å². The number of fused-ring (bicyclic) bond motifs is 1. The van der Waals surface area contributed by atoms with Gasteiger partial charge in [0, 0.05) is 11.7 Å². The Morgan fingerprint density at radius 2 is 2.00 bits per heavy atom. The van der Waals surface area contributed by atoms with Gasteiger partial charge >= 0.3 is 5.97 Å². The molecule has 1 amide bonds. The number of carbonyl (C=O) groups excluding carboxylic acids is 2. The Kier molecular flexibility index (Phi) is 6.33. The number of rotatable bonds is 6. The van der Waals surface area contributed by atoms with Crippen LogP contribution in [0.5, 0.6) is 11.5 Å².